The van der Waals surface area contributed by atoms with Crippen LogP contribution in [0.5, 0.6) is 17.2 Å². The van der Waals surface area contributed by atoms with Crippen molar-refractivity contribution in [2.75, 3.05) is 34.5 Å². The lowest BCUT2D eigenvalue weighted by atomic mass is 9.90. The van der Waals surface area contributed by atoms with Crippen molar-refractivity contribution in [3.05, 3.63) is 17.7 Å². The Morgan fingerprint density at radius 1 is 1.06 bits per heavy atom. The van der Waals surface area contributed by atoms with Crippen molar-refractivity contribution in [1.82, 2.24) is 0 Å². The van der Waals surface area contributed by atoms with Gasteiger partial charge >= 0.3 is 0 Å². The quantitative estimate of drug-likeness (QED) is 0.848. The summed E-state index contributed by atoms with van der Waals surface area (Å²) in [5, 5.41) is 10.3. The van der Waals surface area contributed by atoms with Crippen LogP contribution >= 0.6 is 0 Å². The summed E-state index contributed by atoms with van der Waals surface area (Å²) < 4.78 is 20.8. The summed E-state index contributed by atoms with van der Waals surface area (Å²) in [6.07, 6.45) is 0. The molecule has 1 heterocycles. The Kier molecular flexibility index (Phi) is 3.13. The third-order valence-electron chi connectivity index (χ3n) is 2.86. The Labute approximate surface area is 99.9 Å². The van der Waals surface area contributed by atoms with Crippen LogP contribution in [0.1, 0.15) is 5.56 Å². The van der Waals surface area contributed by atoms with Gasteiger partial charge in [-0.2, -0.15) is 0 Å². The van der Waals surface area contributed by atoms with Gasteiger partial charge in [-0.3, -0.25) is 0 Å². The molecule has 1 aromatic carbocycles. The van der Waals surface area contributed by atoms with Crippen LogP contribution in [-0.4, -0.2) is 39.6 Å². The molecule has 0 amide bonds. The minimum atomic E-state index is -1.04. The molecule has 0 bridgehead atoms. The van der Waals surface area contributed by atoms with E-state index >= 15 is 0 Å². The largest absolute Gasteiger partial charge is 0.496 e. The average molecular weight is 240 g/mol. The highest BCUT2D eigenvalue weighted by atomic mass is 16.5. The summed E-state index contributed by atoms with van der Waals surface area (Å²) in [5.74, 6) is 1.69. The molecule has 0 aromatic heterocycles. The predicted molar refractivity (Wildman–Crippen MR) is 60.8 cm³/mol. The summed E-state index contributed by atoms with van der Waals surface area (Å²) >= 11 is 0. The fourth-order valence-corrected chi connectivity index (χ4v) is 1.90. The fourth-order valence-electron chi connectivity index (χ4n) is 1.90. The van der Waals surface area contributed by atoms with Crippen molar-refractivity contribution in [1.29, 1.82) is 0 Å². The van der Waals surface area contributed by atoms with E-state index in [1.54, 1.807) is 33.5 Å². The molecule has 0 spiro atoms. The molecule has 0 unspecified atom stereocenters. The second kappa shape index (κ2) is 4.43. The lowest BCUT2D eigenvalue weighted by Gasteiger charge is -2.38. The predicted octanol–water partition coefficient (Wildman–Crippen LogP) is 0.930. The topological polar surface area (TPSA) is 57.2 Å². The molecule has 2 rings (SSSR count). The smallest absolute Gasteiger partial charge is 0.143 e. The number of rotatable bonds is 4. The third kappa shape index (κ3) is 1.92. The summed E-state index contributed by atoms with van der Waals surface area (Å²) in [6, 6.07) is 3.43. The second-order valence-electron chi connectivity index (χ2n) is 3.93. The van der Waals surface area contributed by atoms with Crippen molar-refractivity contribution < 1.29 is 24.1 Å². The van der Waals surface area contributed by atoms with E-state index in [-0.39, 0.29) is 13.2 Å². The monoisotopic (exact) mass is 240 g/mol. The van der Waals surface area contributed by atoms with E-state index in [0.717, 1.165) is 0 Å². The van der Waals surface area contributed by atoms with Crippen LogP contribution in [0.4, 0.5) is 0 Å². The zero-order chi connectivity index (χ0) is 12.5. The number of methoxy groups -OCH3 is 3. The van der Waals surface area contributed by atoms with Gasteiger partial charge in [-0.1, -0.05) is 0 Å². The Hall–Kier alpha value is -1.46. The molecule has 0 atom stereocenters. The summed E-state index contributed by atoms with van der Waals surface area (Å²) in [5.41, 5.74) is -0.433. The molecule has 0 aliphatic carbocycles. The highest BCUT2D eigenvalue weighted by Crippen LogP contribution is 2.44. The minimum absolute atomic E-state index is 0.242. The lowest BCUT2D eigenvalue weighted by Crippen LogP contribution is -2.47. The normalized spacial score (nSPS) is 17.2. The summed E-state index contributed by atoms with van der Waals surface area (Å²) in [4.78, 5) is 0. The number of aliphatic hydroxyl groups is 1. The first kappa shape index (κ1) is 12.0. The molecule has 1 saturated heterocycles. The molecule has 1 aromatic rings. The van der Waals surface area contributed by atoms with Crippen molar-refractivity contribution in [3.63, 3.8) is 0 Å². The van der Waals surface area contributed by atoms with Gasteiger partial charge in [0.05, 0.1) is 40.1 Å². The van der Waals surface area contributed by atoms with Crippen molar-refractivity contribution in [2.45, 2.75) is 5.60 Å². The van der Waals surface area contributed by atoms with Gasteiger partial charge in [0.25, 0.3) is 0 Å². The molecule has 17 heavy (non-hydrogen) atoms. The van der Waals surface area contributed by atoms with Crippen LogP contribution in [0, 0.1) is 0 Å². The highest BCUT2D eigenvalue weighted by molar-refractivity contribution is 5.54. The zero-order valence-corrected chi connectivity index (χ0v) is 10.1. The number of hydrogen-bond acceptors (Lipinski definition) is 5. The number of ether oxygens (including phenoxy) is 4. The lowest BCUT2D eigenvalue weighted by molar-refractivity contribution is -0.186. The maximum Gasteiger partial charge on any atom is 0.143 e. The molecule has 1 aliphatic heterocycles. The molecule has 0 saturated carbocycles. The first-order chi connectivity index (χ1) is 8.14. The molecule has 5 nitrogen and oxygen atoms in total. The van der Waals surface area contributed by atoms with Crippen molar-refractivity contribution in [2.24, 2.45) is 0 Å². The van der Waals surface area contributed by atoms with E-state index in [2.05, 4.69) is 0 Å². The Morgan fingerprint density at radius 3 is 1.88 bits per heavy atom. The van der Waals surface area contributed by atoms with Gasteiger partial charge in [0.1, 0.15) is 22.8 Å². The first-order valence-electron chi connectivity index (χ1n) is 5.25. The molecule has 5 heteroatoms. The molecule has 1 fully saturated rings. The Balaban J connectivity index is 2.54. The first-order valence-corrected chi connectivity index (χ1v) is 5.25. The summed E-state index contributed by atoms with van der Waals surface area (Å²) in [6.45, 7) is 0.484. The van der Waals surface area contributed by atoms with Crippen molar-refractivity contribution >= 4 is 0 Å². The van der Waals surface area contributed by atoms with Gasteiger partial charge in [-0.25, -0.2) is 0 Å². The van der Waals surface area contributed by atoms with E-state index in [1.807, 2.05) is 0 Å². The van der Waals surface area contributed by atoms with Gasteiger partial charge in [0.15, 0.2) is 0 Å². The Morgan fingerprint density at radius 2 is 1.59 bits per heavy atom. The van der Waals surface area contributed by atoms with Crippen LogP contribution in [0.15, 0.2) is 12.1 Å². The molecule has 0 radical (unpaired) electrons. The SMILES string of the molecule is COc1cc(OC)c(C2(O)COC2)c(OC)c1. The summed E-state index contributed by atoms with van der Waals surface area (Å²) in [7, 11) is 4.65. The minimum Gasteiger partial charge on any atom is -0.496 e. The second-order valence-corrected chi connectivity index (χ2v) is 3.93. The Bertz CT molecular complexity index is 386. The van der Waals surface area contributed by atoms with Gasteiger partial charge in [0, 0.05) is 12.1 Å². The van der Waals surface area contributed by atoms with Crippen LogP contribution in [0.3, 0.4) is 0 Å². The standard InChI is InChI=1S/C12H16O5/c1-14-8-4-9(15-2)11(10(5-8)16-3)12(13)6-17-7-12/h4-5,13H,6-7H2,1-3H3. The van der Waals surface area contributed by atoms with Crippen LogP contribution in [-0.2, 0) is 10.3 Å². The van der Waals surface area contributed by atoms with Crippen LogP contribution in [0.2, 0.25) is 0 Å². The fraction of sp³-hybridized carbons (Fsp3) is 0.500. The molecule has 94 valence electrons. The number of hydrogen-bond donors (Lipinski definition) is 1. The van der Waals surface area contributed by atoms with Crippen molar-refractivity contribution in [3.8, 4) is 17.2 Å². The van der Waals surface area contributed by atoms with E-state index in [1.165, 1.54) is 0 Å². The van der Waals surface area contributed by atoms with Gasteiger partial charge in [-0.05, 0) is 0 Å². The van der Waals surface area contributed by atoms with Crippen LogP contribution in [0.25, 0.3) is 0 Å². The van der Waals surface area contributed by atoms with E-state index in [4.69, 9.17) is 18.9 Å². The molecular formula is C12H16O5. The molecule has 1 aliphatic rings. The van der Waals surface area contributed by atoms with E-state index in [0.29, 0.717) is 22.8 Å². The average Bonchev–Trinajstić information content (AvgIpc) is 2.34. The molecule has 1 N–H and O–H groups in total. The zero-order valence-electron chi connectivity index (χ0n) is 10.1. The maximum absolute atomic E-state index is 10.3. The van der Waals surface area contributed by atoms with Crippen LogP contribution < -0.4 is 14.2 Å². The molecular weight excluding hydrogens is 224 g/mol. The van der Waals surface area contributed by atoms with E-state index in [9.17, 15) is 5.11 Å². The van der Waals surface area contributed by atoms with E-state index < -0.39 is 5.60 Å². The maximum atomic E-state index is 10.3. The highest BCUT2D eigenvalue weighted by Gasteiger charge is 2.43. The van der Waals surface area contributed by atoms with Gasteiger partial charge in [-0.15, -0.1) is 0 Å². The number of benzene rings is 1. The van der Waals surface area contributed by atoms with Gasteiger partial charge < -0.3 is 24.1 Å². The third-order valence-corrected chi connectivity index (χ3v) is 2.86. The van der Waals surface area contributed by atoms with Gasteiger partial charge in [0.2, 0.25) is 0 Å².